The quantitative estimate of drug-likeness (QED) is 0.463. The first kappa shape index (κ1) is 19.0. The van der Waals surface area contributed by atoms with Crippen LogP contribution in [0.2, 0.25) is 5.02 Å². The molecule has 1 aromatic carbocycles. The molecule has 0 aliphatic heterocycles. The van der Waals surface area contributed by atoms with Crippen LogP contribution in [0.1, 0.15) is 22.5 Å². The summed E-state index contributed by atoms with van der Waals surface area (Å²) in [7, 11) is 0. The average molecular weight is 393 g/mol. The number of nitrogens with zero attached hydrogens (tertiary/aromatic N) is 3. The zero-order chi connectivity index (χ0) is 19.6. The molecule has 4 nitrogen and oxygen atoms in total. The lowest BCUT2D eigenvalue weighted by Gasteiger charge is -2.11. The van der Waals surface area contributed by atoms with Gasteiger partial charge in [-0.2, -0.15) is 18.3 Å². The van der Waals surface area contributed by atoms with Gasteiger partial charge in [-0.05, 0) is 44.2 Å². The molecule has 27 heavy (non-hydrogen) atoms. The molecule has 0 saturated heterocycles. The maximum absolute atomic E-state index is 12.5. The van der Waals surface area contributed by atoms with E-state index in [1.54, 1.807) is 6.21 Å². The molecule has 8 heteroatoms. The summed E-state index contributed by atoms with van der Waals surface area (Å²) in [4.78, 5) is 3.71. The third-order valence-electron chi connectivity index (χ3n) is 4.04. The third-order valence-corrected chi connectivity index (χ3v) is 4.36. The van der Waals surface area contributed by atoms with Crippen molar-refractivity contribution >= 4 is 23.6 Å². The Morgan fingerprint density at radius 2 is 1.89 bits per heavy atom. The van der Waals surface area contributed by atoms with Gasteiger partial charge >= 0.3 is 6.18 Å². The molecule has 1 N–H and O–H groups in total. The van der Waals surface area contributed by atoms with Crippen LogP contribution in [0, 0.1) is 13.8 Å². The van der Waals surface area contributed by atoms with Crippen LogP contribution in [0.3, 0.4) is 0 Å². The molecule has 0 atom stereocenters. The fourth-order valence-electron chi connectivity index (χ4n) is 2.72. The van der Waals surface area contributed by atoms with Gasteiger partial charge in [0.1, 0.15) is 5.82 Å². The lowest BCUT2D eigenvalue weighted by atomic mass is 10.2. The summed E-state index contributed by atoms with van der Waals surface area (Å²) in [6.07, 6.45) is -2.05. The van der Waals surface area contributed by atoms with Gasteiger partial charge in [0.2, 0.25) is 0 Å². The summed E-state index contributed by atoms with van der Waals surface area (Å²) < 4.78 is 39.6. The number of aromatic nitrogens is 2. The van der Waals surface area contributed by atoms with Crippen molar-refractivity contribution < 1.29 is 13.2 Å². The van der Waals surface area contributed by atoms with Crippen LogP contribution in [0.4, 0.5) is 19.0 Å². The Hall–Kier alpha value is -2.80. The highest BCUT2D eigenvalue weighted by Crippen LogP contribution is 2.29. The molecule has 0 fully saturated rings. The van der Waals surface area contributed by atoms with Crippen molar-refractivity contribution in [1.29, 1.82) is 0 Å². The molecule has 2 aromatic heterocycles. The molecule has 0 aliphatic rings. The van der Waals surface area contributed by atoms with E-state index in [-0.39, 0.29) is 5.82 Å². The minimum Gasteiger partial charge on any atom is -0.316 e. The molecule has 0 aliphatic carbocycles. The number of para-hydroxylation sites is 1. The summed E-state index contributed by atoms with van der Waals surface area (Å²) in [6, 6.07) is 11.6. The van der Waals surface area contributed by atoms with E-state index in [9.17, 15) is 13.2 Å². The van der Waals surface area contributed by atoms with E-state index in [4.69, 9.17) is 11.6 Å². The zero-order valence-electron chi connectivity index (χ0n) is 14.5. The van der Waals surface area contributed by atoms with E-state index in [2.05, 4.69) is 15.5 Å². The fourth-order valence-corrected chi connectivity index (χ4v) is 2.94. The highest BCUT2D eigenvalue weighted by atomic mass is 35.5. The Morgan fingerprint density at radius 3 is 2.52 bits per heavy atom. The molecule has 0 amide bonds. The number of halogens is 4. The first-order valence-electron chi connectivity index (χ1n) is 8.03. The van der Waals surface area contributed by atoms with Crippen molar-refractivity contribution in [3.05, 3.63) is 76.2 Å². The summed E-state index contributed by atoms with van der Waals surface area (Å²) in [5.74, 6) is 0.221. The summed E-state index contributed by atoms with van der Waals surface area (Å²) >= 11 is 6.29. The lowest BCUT2D eigenvalue weighted by Crippen LogP contribution is -2.05. The van der Waals surface area contributed by atoms with Gasteiger partial charge in [0.15, 0.2) is 0 Å². The van der Waals surface area contributed by atoms with Crippen molar-refractivity contribution in [3.63, 3.8) is 0 Å². The second-order valence-corrected chi connectivity index (χ2v) is 6.32. The number of aryl methyl sites for hydroxylation is 1. The van der Waals surface area contributed by atoms with E-state index >= 15 is 0 Å². The smallest absolute Gasteiger partial charge is 0.316 e. The number of hydrogen-bond acceptors (Lipinski definition) is 3. The normalized spacial score (nSPS) is 11.9. The number of rotatable bonds is 4. The first-order valence-corrected chi connectivity index (χ1v) is 8.41. The average Bonchev–Trinajstić information content (AvgIpc) is 2.89. The lowest BCUT2D eigenvalue weighted by molar-refractivity contribution is -0.137. The summed E-state index contributed by atoms with van der Waals surface area (Å²) in [6.45, 7) is 3.90. The molecule has 3 aromatic rings. The number of pyridine rings is 1. The van der Waals surface area contributed by atoms with Crippen molar-refractivity contribution in [3.8, 4) is 5.69 Å². The highest BCUT2D eigenvalue weighted by molar-refractivity contribution is 6.32. The minimum absolute atomic E-state index is 0.221. The Balaban J connectivity index is 1.79. The summed E-state index contributed by atoms with van der Waals surface area (Å²) in [5.41, 5.74) is 5.47. The molecule has 3 rings (SSSR count). The summed E-state index contributed by atoms with van der Waals surface area (Å²) in [5, 5.41) is 4.70. The number of hydrogen-bond donors (Lipinski definition) is 1. The molecular formula is C19H16ClF3N4. The molecular weight excluding hydrogens is 377 g/mol. The Kier molecular flexibility index (Phi) is 5.23. The third kappa shape index (κ3) is 4.14. The molecule has 0 radical (unpaired) electrons. The van der Waals surface area contributed by atoms with Crippen LogP contribution in [-0.2, 0) is 6.18 Å². The number of alkyl halides is 3. The SMILES string of the molecule is Cc1cc(/C=N\Nc2ccc(C(F)(F)F)cn2)c(C)n1-c1ccccc1Cl. The van der Waals surface area contributed by atoms with Gasteiger partial charge in [-0.25, -0.2) is 4.98 Å². The second-order valence-electron chi connectivity index (χ2n) is 5.91. The molecule has 0 spiro atoms. The Bertz CT molecular complexity index is 976. The van der Waals surface area contributed by atoms with Gasteiger partial charge < -0.3 is 4.57 Å². The highest BCUT2D eigenvalue weighted by Gasteiger charge is 2.30. The van der Waals surface area contributed by atoms with Gasteiger partial charge in [-0.3, -0.25) is 5.43 Å². The van der Waals surface area contributed by atoms with E-state index in [0.717, 1.165) is 34.9 Å². The van der Waals surface area contributed by atoms with Crippen molar-refractivity contribution in [2.45, 2.75) is 20.0 Å². The van der Waals surface area contributed by atoms with Crippen LogP contribution >= 0.6 is 11.6 Å². The first-order chi connectivity index (χ1) is 12.8. The van der Waals surface area contributed by atoms with E-state index in [1.165, 1.54) is 6.07 Å². The fraction of sp³-hybridized carbons (Fsp3) is 0.158. The molecule has 0 unspecified atom stereocenters. The Labute approximate surface area is 159 Å². The van der Waals surface area contributed by atoms with Crippen LogP contribution in [0.5, 0.6) is 0 Å². The number of benzene rings is 1. The van der Waals surface area contributed by atoms with Crippen LogP contribution in [0.25, 0.3) is 5.69 Å². The van der Waals surface area contributed by atoms with Gasteiger partial charge in [0, 0.05) is 23.1 Å². The van der Waals surface area contributed by atoms with Crippen molar-refractivity contribution in [2.24, 2.45) is 5.10 Å². The topological polar surface area (TPSA) is 42.2 Å². The monoisotopic (exact) mass is 392 g/mol. The second kappa shape index (κ2) is 7.44. The van der Waals surface area contributed by atoms with Gasteiger partial charge in [-0.15, -0.1) is 0 Å². The minimum atomic E-state index is -4.41. The molecule has 2 heterocycles. The predicted molar refractivity (Wildman–Crippen MR) is 101 cm³/mol. The maximum atomic E-state index is 12.5. The largest absolute Gasteiger partial charge is 0.417 e. The van der Waals surface area contributed by atoms with Gasteiger partial charge in [0.05, 0.1) is 22.5 Å². The van der Waals surface area contributed by atoms with Crippen molar-refractivity contribution in [1.82, 2.24) is 9.55 Å². The zero-order valence-corrected chi connectivity index (χ0v) is 15.3. The Morgan fingerprint density at radius 1 is 1.15 bits per heavy atom. The van der Waals surface area contributed by atoms with Crippen LogP contribution < -0.4 is 5.43 Å². The molecule has 140 valence electrons. The number of nitrogens with one attached hydrogen (secondary N) is 1. The van der Waals surface area contributed by atoms with E-state index in [1.807, 2.05) is 48.7 Å². The predicted octanol–water partition coefficient (Wildman–Crippen LogP) is 5.61. The number of hydrazone groups is 1. The van der Waals surface area contributed by atoms with Crippen molar-refractivity contribution in [2.75, 3.05) is 5.43 Å². The van der Waals surface area contributed by atoms with Crippen LogP contribution in [0.15, 0.2) is 53.8 Å². The van der Waals surface area contributed by atoms with E-state index < -0.39 is 11.7 Å². The molecule has 0 bridgehead atoms. The standard InChI is InChI=1S/C19H16ClF3N4/c1-12-9-14(13(2)27(12)17-6-4-3-5-16(17)20)10-25-26-18-8-7-15(11-24-18)19(21,22)23/h3-11H,1-2H3,(H,24,26)/b25-10-. The van der Waals surface area contributed by atoms with E-state index in [0.29, 0.717) is 5.02 Å². The van der Waals surface area contributed by atoms with Crippen LogP contribution in [-0.4, -0.2) is 15.8 Å². The number of anilines is 1. The molecule has 0 saturated carbocycles. The van der Waals surface area contributed by atoms with Gasteiger partial charge in [0.25, 0.3) is 0 Å². The van der Waals surface area contributed by atoms with Gasteiger partial charge in [-0.1, -0.05) is 23.7 Å². The maximum Gasteiger partial charge on any atom is 0.417 e.